The number of nitrogens with one attached hydrogen (secondary N) is 1. The zero-order valence-corrected chi connectivity index (χ0v) is 17.4. The SMILES string of the molecule is CCCCN1C(=O)C2C(c3cccs3)NC(Cc3ccc(O)cc3)(C(=O)O)C2C1=O. The molecule has 0 spiro atoms. The van der Waals surface area contributed by atoms with Crippen molar-refractivity contribution in [3.05, 3.63) is 52.2 Å². The Hall–Kier alpha value is -2.71. The van der Waals surface area contributed by atoms with Crippen molar-refractivity contribution in [2.24, 2.45) is 11.8 Å². The highest BCUT2D eigenvalue weighted by molar-refractivity contribution is 7.10. The lowest BCUT2D eigenvalue weighted by atomic mass is 9.76. The highest BCUT2D eigenvalue weighted by Gasteiger charge is 2.68. The third-order valence-electron chi connectivity index (χ3n) is 6.13. The number of likely N-dealkylation sites (tertiary alicyclic amines) is 1. The zero-order chi connectivity index (χ0) is 21.5. The van der Waals surface area contributed by atoms with E-state index in [-0.39, 0.29) is 18.1 Å². The number of nitrogens with zero attached hydrogens (tertiary/aromatic N) is 1. The number of carbonyl (C=O) groups excluding carboxylic acids is 2. The summed E-state index contributed by atoms with van der Waals surface area (Å²) in [5.74, 6) is -3.51. The second-order valence-corrected chi connectivity index (χ2v) is 8.92. The van der Waals surface area contributed by atoms with Crippen LogP contribution in [0.1, 0.15) is 36.2 Å². The van der Waals surface area contributed by atoms with E-state index in [9.17, 15) is 24.6 Å². The van der Waals surface area contributed by atoms with Crippen LogP contribution in [0.25, 0.3) is 0 Å². The molecule has 7 nitrogen and oxygen atoms in total. The minimum Gasteiger partial charge on any atom is -0.508 e. The van der Waals surface area contributed by atoms with Gasteiger partial charge in [-0.15, -0.1) is 11.3 Å². The Balaban J connectivity index is 1.79. The minimum atomic E-state index is -1.61. The van der Waals surface area contributed by atoms with Crippen LogP contribution in [0.3, 0.4) is 0 Å². The van der Waals surface area contributed by atoms with Gasteiger partial charge in [-0.3, -0.25) is 24.6 Å². The van der Waals surface area contributed by atoms with Gasteiger partial charge in [0.15, 0.2) is 0 Å². The fraction of sp³-hybridized carbons (Fsp3) is 0.409. The molecule has 0 aliphatic carbocycles. The number of carboxylic acids is 1. The molecular formula is C22H24N2O5S. The molecule has 2 saturated heterocycles. The van der Waals surface area contributed by atoms with Gasteiger partial charge in [0, 0.05) is 17.8 Å². The predicted octanol–water partition coefficient (Wildman–Crippen LogP) is 2.57. The number of thiophene rings is 1. The fourth-order valence-corrected chi connectivity index (χ4v) is 5.51. The number of unbranched alkanes of at least 4 members (excludes halogenated alkanes) is 1. The molecule has 1 aromatic carbocycles. The number of carboxylic acid groups (broad SMARTS) is 1. The van der Waals surface area contributed by atoms with Gasteiger partial charge in [0.2, 0.25) is 11.8 Å². The molecule has 1 aromatic heterocycles. The Morgan fingerprint density at radius 2 is 1.93 bits per heavy atom. The van der Waals surface area contributed by atoms with E-state index in [1.54, 1.807) is 12.1 Å². The average molecular weight is 429 g/mol. The van der Waals surface area contributed by atoms with E-state index in [2.05, 4.69) is 5.32 Å². The Kier molecular flexibility index (Phi) is 5.38. The maximum absolute atomic E-state index is 13.3. The first-order valence-corrected chi connectivity index (χ1v) is 10.9. The van der Waals surface area contributed by atoms with E-state index in [1.165, 1.54) is 28.4 Å². The van der Waals surface area contributed by atoms with Crippen molar-refractivity contribution < 1.29 is 24.6 Å². The van der Waals surface area contributed by atoms with E-state index < -0.39 is 35.3 Å². The quantitative estimate of drug-likeness (QED) is 0.585. The first-order valence-electron chi connectivity index (χ1n) is 10.1. The summed E-state index contributed by atoms with van der Waals surface area (Å²) < 4.78 is 0. The maximum Gasteiger partial charge on any atom is 0.325 e. The van der Waals surface area contributed by atoms with Gasteiger partial charge < -0.3 is 10.2 Å². The number of fused-ring (bicyclic) bond motifs is 1. The summed E-state index contributed by atoms with van der Waals surface area (Å²) in [6, 6.07) is 9.45. The molecule has 0 saturated carbocycles. The van der Waals surface area contributed by atoms with Gasteiger partial charge in [-0.05, 0) is 35.6 Å². The van der Waals surface area contributed by atoms with Crippen molar-refractivity contribution in [3.63, 3.8) is 0 Å². The Morgan fingerprint density at radius 1 is 1.20 bits per heavy atom. The number of aromatic hydroxyl groups is 1. The standard InChI is InChI=1S/C22H24N2O5S/c1-2-3-10-24-19(26)16-17(20(24)27)22(21(28)29,12-13-6-8-14(25)9-7-13)23-18(16)15-5-4-11-30-15/h4-9,11,16-18,23,25H,2-3,10,12H2,1H3,(H,28,29). The molecule has 0 bridgehead atoms. The highest BCUT2D eigenvalue weighted by Crippen LogP contribution is 2.50. The van der Waals surface area contributed by atoms with Crippen LogP contribution in [0.2, 0.25) is 0 Å². The first kappa shape index (κ1) is 20.6. The normalized spacial score (nSPS) is 28.2. The summed E-state index contributed by atoms with van der Waals surface area (Å²) in [5, 5.41) is 25.0. The summed E-state index contributed by atoms with van der Waals surface area (Å²) in [6.45, 7) is 2.29. The van der Waals surface area contributed by atoms with Crippen LogP contribution < -0.4 is 5.32 Å². The van der Waals surface area contributed by atoms with Crippen LogP contribution in [-0.2, 0) is 20.8 Å². The van der Waals surface area contributed by atoms with Crippen molar-refractivity contribution >= 4 is 29.1 Å². The smallest absolute Gasteiger partial charge is 0.325 e. The third-order valence-corrected chi connectivity index (χ3v) is 7.09. The van der Waals surface area contributed by atoms with Gasteiger partial charge in [-0.25, -0.2) is 0 Å². The topological polar surface area (TPSA) is 107 Å². The Labute approximate surface area is 178 Å². The van der Waals surface area contributed by atoms with Crippen LogP contribution in [0.4, 0.5) is 0 Å². The van der Waals surface area contributed by atoms with Crippen LogP contribution in [0, 0.1) is 11.8 Å². The van der Waals surface area contributed by atoms with E-state index in [4.69, 9.17) is 0 Å². The molecule has 4 rings (SSSR count). The summed E-state index contributed by atoms with van der Waals surface area (Å²) in [7, 11) is 0. The fourth-order valence-electron chi connectivity index (χ4n) is 4.68. The number of phenols is 1. The molecule has 8 heteroatoms. The molecule has 4 unspecified atom stereocenters. The van der Waals surface area contributed by atoms with E-state index in [0.717, 1.165) is 11.3 Å². The number of rotatable bonds is 7. The summed E-state index contributed by atoms with van der Waals surface area (Å²) in [6.07, 6.45) is 1.55. The van der Waals surface area contributed by atoms with Crippen molar-refractivity contribution in [1.29, 1.82) is 0 Å². The van der Waals surface area contributed by atoms with Crippen molar-refractivity contribution in [1.82, 2.24) is 10.2 Å². The van der Waals surface area contributed by atoms with Gasteiger partial charge in [0.25, 0.3) is 0 Å². The maximum atomic E-state index is 13.3. The number of phenolic OH excluding ortho intramolecular Hbond substituents is 1. The number of benzene rings is 1. The van der Waals surface area contributed by atoms with Gasteiger partial charge in [-0.1, -0.05) is 31.5 Å². The molecule has 2 amide bonds. The first-order chi connectivity index (χ1) is 14.4. The molecule has 4 atom stereocenters. The van der Waals surface area contributed by atoms with Crippen LogP contribution in [0.15, 0.2) is 41.8 Å². The zero-order valence-electron chi connectivity index (χ0n) is 16.6. The van der Waals surface area contributed by atoms with E-state index in [1.807, 2.05) is 24.4 Å². The monoisotopic (exact) mass is 428 g/mol. The number of hydrogen-bond acceptors (Lipinski definition) is 6. The van der Waals surface area contributed by atoms with Crippen LogP contribution in [-0.4, -0.2) is 45.0 Å². The Bertz CT molecular complexity index is 958. The molecule has 158 valence electrons. The second-order valence-electron chi connectivity index (χ2n) is 7.94. The molecule has 0 radical (unpaired) electrons. The molecule has 3 heterocycles. The largest absolute Gasteiger partial charge is 0.508 e. The lowest BCUT2D eigenvalue weighted by Crippen LogP contribution is -2.57. The summed E-state index contributed by atoms with van der Waals surface area (Å²) in [5.41, 5.74) is -0.940. The van der Waals surface area contributed by atoms with Gasteiger partial charge >= 0.3 is 5.97 Å². The van der Waals surface area contributed by atoms with Gasteiger partial charge in [-0.2, -0.15) is 0 Å². The van der Waals surface area contributed by atoms with Crippen molar-refractivity contribution in [2.45, 2.75) is 37.8 Å². The molecular weight excluding hydrogens is 404 g/mol. The summed E-state index contributed by atoms with van der Waals surface area (Å²) >= 11 is 1.44. The minimum absolute atomic E-state index is 0.0340. The van der Waals surface area contributed by atoms with Crippen LogP contribution >= 0.6 is 11.3 Å². The van der Waals surface area contributed by atoms with E-state index in [0.29, 0.717) is 18.5 Å². The van der Waals surface area contributed by atoms with Gasteiger partial charge in [0.1, 0.15) is 11.3 Å². The summed E-state index contributed by atoms with van der Waals surface area (Å²) in [4.78, 5) is 41.3. The Morgan fingerprint density at radius 3 is 2.53 bits per heavy atom. The number of hydrogen-bond donors (Lipinski definition) is 3. The molecule has 30 heavy (non-hydrogen) atoms. The molecule has 2 aliphatic heterocycles. The molecule has 2 fully saturated rings. The number of imide groups is 1. The number of amides is 2. The average Bonchev–Trinajstić information content (AvgIpc) is 3.41. The van der Waals surface area contributed by atoms with E-state index >= 15 is 0 Å². The number of carbonyl (C=O) groups is 3. The van der Waals surface area contributed by atoms with Crippen molar-refractivity contribution in [3.8, 4) is 5.75 Å². The molecule has 2 aliphatic rings. The predicted molar refractivity (Wildman–Crippen MR) is 111 cm³/mol. The lowest BCUT2D eigenvalue weighted by molar-refractivity contribution is -0.151. The van der Waals surface area contributed by atoms with Crippen molar-refractivity contribution in [2.75, 3.05) is 6.54 Å². The van der Waals surface area contributed by atoms with Crippen LogP contribution in [0.5, 0.6) is 5.75 Å². The highest BCUT2D eigenvalue weighted by atomic mass is 32.1. The number of aliphatic carboxylic acids is 1. The second kappa shape index (κ2) is 7.85. The molecule has 2 aromatic rings. The molecule has 3 N–H and O–H groups in total. The van der Waals surface area contributed by atoms with Gasteiger partial charge in [0.05, 0.1) is 17.9 Å². The third kappa shape index (κ3) is 3.20. The lowest BCUT2D eigenvalue weighted by Gasteiger charge is -2.31.